The third-order valence-electron chi connectivity index (χ3n) is 2.54. The van der Waals surface area contributed by atoms with Gasteiger partial charge in [-0.25, -0.2) is 4.79 Å². The van der Waals surface area contributed by atoms with E-state index in [9.17, 15) is 24.9 Å². The van der Waals surface area contributed by atoms with Crippen molar-refractivity contribution in [3.63, 3.8) is 0 Å². The van der Waals surface area contributed by atoms with Gasteiger partial charge in [0.1, 0.15) is 18.3 Å². The van der Waals surface area contributed by atoms with Gasteiger partial charge >= 0.3 is 12.0 Å². The van der Waals surface area contributed by atoms with Crippen LogP contribution in [0.2, 0.25) is 0 Å². The van der Waals surface area contributed by atoms with Crippen molar-refractivity contribution in [2.75, 3.05) is 13.2 Å². The molecule has 0 radical (unpaired) electrons. The predicted octanol–water partition coefficient (Wildman–Crippen LogP) is -5.64. The number of urea groups is 1. The zero-order chi connectivity index (χ0) is 19.4. The molecule has 5 unspecified atom stereocenters. The van der Waals surface area contributed by atoms with Gasteiger partial charge in [0.15, 0.2) is 0 Å². The second kappa shape index (κ2) is 12.4. The zero-order valence-corrected chi connectivity index (χ0v) is 12.6. The third-order valence-corrected chi connectivity index (χ3v) is 2.54. The van der Waals surface area contributed by atoms with Crippen molar-refractivity contribution in [3.05, 3.63) is 0 Å². The molecule has 3 amide bonds. The van der Waals surface area contributed by atoms with Gasteiger partial charge in [0.25, 0.3) is 0 Å². The molecule has 0 aliphatic carbocycles. The molecule has 0 saturated carbocycles. The molecule has 0 aliphatic heterocycles. The van der Waals surface area contributed by atoms with Crippen LogP contribution in [0.1, 0.15) is 6.42 Å². The fraction of sp³-hybridized carbons (Fsp3) is 0.727. The summed E-state index contributed by atoms with van der Waals surface area (Å²) in [4.78, 5) is 30.6. The number of rotatable bonds is 9. The summed E-state index contributed by atoms with van der Waals surface area (Å²) in [5.41, 5.74) is 13.8. The van der Waals surface area contributed by atoms with Crippen LogP contribution in [0.25, 0.3) is 0 Å². The Balaban J connectivity index is 0. The monoisotopic (exact) mass is 356 g/mol. The second-order valence-corrected chi connectivity index (χ2v) is 4.65. The normalized spacial score (nSPS) is 16.6. The highest BCUT2D eigenvalue weighted by Crippen LogP contribution is 2.04. The number of nitrogens with one attached hydrogen (secondary N) is 1. The minimum absolute atomic E-state index is 0.511. The maximum absolute atomic E-state index is 11.3. The number of aliphatic hydroxyl groups excluding tert-OH is 5. The summed E-state index contributed by atoms with van der Waals surface area (Å²) in [7, 11) is 0. The van der Waals surface area contributed by atoms with Crippen LogP contribution in [0.4, 0.5) is 4.79 Å². The van der Waals surface area contributed by atoms with E-state index in [4.69, 9.17) is 25.8 Å². The Morgan fingerprint density at radius 1 is 0.958 bits per heavy atom. The number of nitrogens with two attached hydrogens (primary N) is 3. The highest BCUT2D eigenvalue weighted by Gasteiger charge is 2.30. The number of aliphatic carboxylic acids is 1. The number of primary amides is 2. The number of carbonyl (C=O) groups excluding carboxylic acids is 2. The van der Waals surface area contributed by atoms with Crippen molar-refractivity contribution in [1.29, 1.82) is 0 Å². The first-order valence-corrected chi connectivity index (χ1v) is 6.57. The Bertz CT molecular complexity index is 405. The van der Waals surface area contributed by atoms with Gasteiger partial charge in [-0.2, -0.15) is 0 Å². The topological polar surface area (TPSA) is 263 Å². The second-order valence-electron chi connectivity index (χ2n) is 4.65. The summed E-state index contributed by atoms with van der Waals surface area (Å²) in [6.45, 7) is -1.33. The van der Waals surface area contributed by atoms with E-state index >= 15 is 0 Å². The first-order chi connectivity index (χ1) is 10.9. The molecule has 142 valence electrons. The lowest BCUT2D eigenvalue weighted by molar-refractivity contribution is -0.139. The Hall–Kier alpha value is -2.03. The van der Waals surface area contributed by atoms with Crippen molar-refractivity contribution >= 4 is 17.9 Å². The summed E-state index contributed by atoms with van der Waals surface area (Å²) in [5, 5.41) is 56.4. The molecule has 0 bridgehead atoms. The summed E-state index contributed by atoms with van der Waals surface area (Å²) in [6, 6.07) is -2.15. The molecule has 0 saturated heterocycles. The molecule has 0 heterocycles. The van der Waals surface area contributed by atoms with Crippen molar-refractivity contribution in [3.8, 4) is 0 Å². The molecule has 0 aliphatic rings. The molecule has 13 heteroatoms. The first kappa shape index (κ1) is 24.2. The Kier molecular flexibility index (Phi) is 12.5. The van der Waals surface area contributed by atoms with Gasteiger partial charge < -0.3 is 53.2 Å². The first-order valence-electron chi connectivity index (χ1n) is 6.57. The van der Waals surface area contributed by atoms with Gasteiger partial charge in [-0.1, -0.05) is 0 Å². The summed E-state index contributed by atoms with van der Waals surface area (Å²) in [5.74, 6) is -2.12. The summed E-state index contributed by atoms with van der Waals surface area (Å²) >= 11 is 0. The number of carboxylic acid groups (broad SMARTS) is 1. The van der Waals surface area contributed by atoms with Crippen LogP contribution in [0.5, 0.6) is 0 Å². The highest BCUT2D eigenvalue weighted by atomic mass is 16.4. The molecule has 0 aromatic heterocycles. The van der Waals surface area contributed by atoms with E-state index < -0.39 is 67.9 Å². The molecule has 0 aromatic carbocycles. The van der Waals surface area contributed by atoms with E-state index in [-0.39, 0.29) is 0 Å². The van der Waals surface area contributed by atoms with Gasteiger partial charge in [-0.15, -0.1) is 0 Å². The third kappa shape index (κ3) is 11.5. The van der Waals surface area contributed by atoms with E-state index in [1.54, 1.807) is 0 Å². The smallest absolute Gasteiger partial charge is 0.309 e. The number of hydrogen-bond acceptors (Lipinski definition) is 9. The molecule has 0 aromatic rings. The maximum atomic E-state index is 11.3. The van der Waals surface area contributed by atoms with E-state index in [1.807, 2.05) is 0 Å². The Labute approximate surface area is 136 Å². The number of hydrogen-bond donors (Lipinski definition) is 10. The van der Waals surface area contributed by atoms with Gasteiger partial charge in [0.05, 0.1) is 25.2 Å². The predicted molar refractivity (Wildman–Crippen MR) is 78.1 cm³/mol. The lowest BCUT2D eigenvalue weighted by Gasteiger charge is -2.26. The van der Waals surface area contributed by atoms with E-state index in [2.05, 4.69) is 16.8 Å². The average molecular weight is 356 g/mol. The molecule has 5 atom stereocenters. The van der Waals surface area contributed by atoms with Crippen molar-refractivity contribution < 1.29 is 45.0 Å². The quantitative estimate of drug-likeness (QED) is 0.187. The lowest BCUT2D eigenvalue weighted by Crippen LogP contribution is -2.51. The molecular formula is C11H24N4O9. The van der Waals surface area contributed by atoms with Gasteiger partial charge in [0, 0.05) is 6.54 Å². The minimum Gasteiger partial charge on any atom is -0.481 e. The Morgan fingerprint density at radius 3 is 1.75 bits per heavy atom. The molecule has 0 rings (SSSR count). The van der Waals surface area contributed by atoms with Gasteiger partial charge in [-0.05, 0) is 0 Å². The van der Waals surface area contributed by atoms with E-state index in [0.29, 0.717) is 0 Å². The molecule has 0 spiro atoms. The number of aliphatic hydroxyl groups is 5. The van der Waals surface area contributed by atoms with Crippen LogP contribution in [0.3, 0.4) is 0 Å². The van der Waals surface area contributed by atoms with Crippen molar-refractivity contribution in [1.82, 2.24) is 5.32 Å². The van der Waals surface area contributed by atoms with Crippen LogP contribution in [0, 0.1) is 0 Å². The molecule has 0 fully saturated rings. The van der Waals surface area contributed by atoms with E-state index in [1.165, 1.54) is 0 Å². The number of amides is 3. The summed E-state index contributed by atoms with van der Waals surface area (Å²) in [6.07, 6.45) is -7.50. The largest absolute Gasteiger partial charge is 0.481 e. The molecule has 24 heavy (non-hydrogen) atoms. The standard InChI is InChI=1S/C10H20N2O8.CH4N2O/c11-4(1-7(16)17)10(20)12-2-5(14)8(18)9(19)6(15)3-13;2-1(3)4/h4-6,8-9,13-15,18-19H,1-3,11H2,(H,12,20)(H,16,17);(H4,2,3,4). The number of carboxylic acids is 1. The minimum atomic E-state index is -1.81. The van der Waals surface area contributed by atoms with Crippen molar-refractivity contribution in [2.24, 2.45) is 17.2 Å². The fourth-order valence-electron chi connectivity index (χ4n) is 1.30. The SMILES string of the molecule is NC(CC(=O)O)C(=O)NCC(O)C(O)C(O)C(O)CO.NC(N)=O. The zero-order valence-electron chi connectivity index (χ0n) is 12.6. The van der Waals surface area contributed by atoms with Crippen LogP contribution in [0.15, 0.2) is 0 Å². The van der Waals surface area contributed by atoms with Crippen molar-refractivity contribution in [2.45, 2.75) is 36.9 Å². The van der Waals surface area contributed by atoms with Crippen LogP contribution in [-0.2, 0) is 9.59 Å². The number of carbonyl (C=O) groups is 3. The summed E-state index contributed by atoms with van der Waals surface area (Å²) < 4.78 is 0. The van der Waals surface area contributed by atoms with Crippen LogP contribution >= 0.6 is 0 Å². The lowest BCUT2D eigenvalue weighted by atomic mass is 10.0. The van der Waals surface area contributed by atoms with Gasteiger partial charge in [-0.3, -0.25) is 9.59 Å². The maximum Gasteiger partial charge on any atom is 0.309 e. The average Bonchev–Trinajstić information content (AvgIpc) is 2.48. The fourth-order valence-corrected chi connectivity index (χ4v) is 1.30. The molecular weight excluding hydrogens is 332 g/mol. The highest BCUT2D eigenvalue weighted by molar-refractivity contribution is 5.85. The van der Waals surface area contributed by atoms with Crippen LogP contribution in [-0.4, -0.2) is 92.2 Å². The molecule has 13 nitrogen and oxygen atoms in total. The molecule has 13 N–H and O–H groups in total. The Morgan fingerprint density at radius 2 is 1.38 bits per heavy atom. The van der Waals surface area contributed by atoms with E-state index in [0.717, 1.165) is 0 Å². The van der Waals surface area contributed by atoms with Crippen LogP contribution < -0.4 is 22.5 Å². The van der Waals surface area contributed by atoms with Gasteiger partial charge in [0.2, 0.25) is 5.91 Å².